The molecule has 0 aromatic heterocycles. The number of terminal acetylenes is 1. The summed E-state index contributed by atoms with van der Waals surface area (Å²) in [5, 5.41) is 0. The van der Waals surface area contributed by atoms with E-state index in [4.69, 9.17) is 15.9 Å². The van der Waals surface area contributed by atoms with Gasteiger partial charge in [-0.2, -0.15) is 0 Å². The molecule has 0 radical (unpaired) electrons. The molecule has 1 fully saturated rings. The van der Waals surface area contributed by atoms with E-state index in [1.165, 1.54) is 54.4 Å². The average Bonchev–Trinajstić information content (AvgIpc) is 2.91. The number of hydrogen-bond donors (Lipinski definition) is 0. The molecule has 0 N–H and O–H groups in total. The largest absolute Gasteiger partial charge is 0.490 e. The quantitative estimate of drug-likeness (QED) is 0.189. The Balaban J connectivity index is 1.70. The number of ether oxygens (including phenoxy) is 2. The van der Waals surface area contributed by atoms with Crippen molar-refractivity contribution in [2.24, 2.45) is 0 Å². The van der Waals surface area contributed by atoms with Crippen molar-refractivity contribution in [2.45, 2.75) is 50.4 Å². The van der Waals surface area contributed by atoms with Crippen LogP contribution in [0.3, 0.4) is 0 Å². The lowest BCUT2D eigenvalue weighted by atomic mass is 9.70. The van der Waals surface area contributed by atoms with E-state index in [9.17, 15) is 0 Å². The van der Waals surface area contributed by atoms with Gasteiger partial charge in [0, 0.05) is 5.41 Å². The third kappa shape index (κ3) is 5.20. The number of rotatable bonds is 9. The van der Waals surface area contributed by atoms with Crippen molar-refractivity contribution in [2.75, 3.05) is 13.2 Å². The van der Waals surface area contributed by atoms with Crippen LogP contribution < -0.4 is 9.47 Å². The van der Waals surface area contributed by atoms with Gasteiger partial charge in [-0.1, -0.05) is 86.4 Å². The topological polar surface area (TPSA) is 18.5 Å². The van der Waals surface area contributed by atoms with Crippen LogP contribution in [-0.4, -0.2) is 13.2 Å². The summed E-state index contributed by atoms with van der Waals surface area (Å²) in [6.07, 6.45) is 13.8. The molecule has 3 aromatic carbocycles. The molecule has 1 aliphatic carbocycles. The Bertz CT molecular complexity index is 1100. The molecule has 2 heteroatoms. The molecular formula is C32H34O2. The molecule has 0 bridgehead atoms. The van der Waals surface area contributed by atoms with Crippen LogP contribution in [0.4, 0.5) is 0 Å². The molecule has 1 unspecified atom stereocenters. The van der Waals surface area contributed by atoms with Gasteiger partial charge >= 0.3 is 0 Å². The molecule has 0 aliphatic heterocycles. The van der Waals surface area contributed by atoms with Gasteiger partial charge in [-0.25, -0.2) is 0 Å². The smallest absolute Gasteiger partial charge is 0.148 e. The van der Waals surface area contributed by atoms with E-state index < -0.39 is 0 Å². The Morgan fingerprint density at radius 2 is 1.32 bits per heavy atom. The first-order valence-corrected chi connectivity index (χ1v) is 12.3. The fourth-order valence-corrected chi connectivity index (χ4v) is 5.07. The van der Waals surface area contributed by atoms with E-state index in [1.807, 2.05) is 24.3 Å². The summed E-state index contributed by atoms with van der Waals surface area (Å²) in [7, 11) is 0. The Morgan fingerprint density at radius 3 is 1.82 bits per heavy atom. The van der Waals surface area contributed by atoms with E-state index in [2.05, 4.69) is 68.0 Å². The van der Waals surface area contributed by atoms with Crippen molar-refractivity contribution in [3.05, 3.63) is 108 Å². The molecule has 0 heterocycles. The molecule has 0 saturated heterocycles. The van der Waals surface area contributed by atoms with Gasteiger partial charge in [-0.3, -0.25) is 0 Å². The van der Waals surface area contributed by atoms with Crippen LogP contribution in [0.25, 0.3) is 0 Å². The zero-order valence-electron chi connectivity index (χ0n) is 20.1. The fraction of sp³-hybridized carbons (Fsp3) is 0.312. The molecule has 174 valence electrons. The lowest BCUT2D eigenvalue weighted by Gasteiger charge is -2.33. The van der Waals surface area contributed by atoms with Crippen molar-refractivity contribution >= 4 is 0 Å². The van der Waals surface area contributed by atoms with Crippen molar-refractivity contribution in [1.29, 1.82) is 0 Å². The minimum Gasteiger partial charge on any atom is -0.490 e. The monoisotopic (exact) mass is 450 g/mol. The lowest BCUT2D eigenvalue weighted by Crippen LogP contribution is -2.25. The summed E-state index contributed by atoms with van der Waals surface area (Å²) in [6.45, 7) is 6.79. The van der Waals surface area contributed by atoms with E-state index in [0.29, 0.717) is 12.5 Å². The molecule has 1 atom stereocenters. The number of benzene rings is 3. The first-order chi connectivity index (χ1) is 16.6. The van der Waals surface area contributed by atoms with Crippen LogP contribution >= 0.6 is 0 Å². The minimum absolute atomic E-state index is 0.269. The predicted octanol–water partition coefficient (Wildman–Crippen LogP) is 7.67. The van der Waals surface area contributed by atoms with Gasteiger partial charge in [-0.15, -0.1) is 6.42 Å². The lowest BCUT2D eigenvalue weighted by molar-refractivity contribution is 0.363. The summed E-state index contributed by atoms with van der Waals surface area (Å²) in [4.78, 5) is 0. The molecule has 2 nitrogen and oxygen atoms in total. The summed E-state index contributed by atoms with van der Waals surface area (Å²) in [5.74, 6) is 4.85. The molecule has 34 heavy (non-hydrogen) atoms. The molecule has 0 amide bonds. The van der Waals surface area contributed by atoms with Crippen LogP contribution in [-0.2, 0) is 5.41 Å². The highest BCUT2D eigenvalue weighted by Crippen LogP contribution is 2.41. The third-order valence-electron chi connectivity index (χ3n) is 7.12. The SMILES string of the molecule is C#CCOc1ccc(C(C)(c2ccc(OCC=C)cc2)c2ccc(C3CCCCC3)cc2)cc1. The second-order valence-electron chi connectivity index (χ2n) is 9.22. The maximum atomic E-state index is 5.72. The summed E-state index contributed by atoms with van der Waals surface area (Å²) >= 11 is 0. The fourth-order valence-electron chi connectivity index (χ4n) is 5.07. The van der Waals surface area contributed by atoms with Crippen LogP contribution in [0.15, 0.2) is 85.5 Å². The van der Waals surface area contributed by atoms with Gasteiger partial charge in [0.15, 0.2) is 0 Å². The van der Waals surface area contributed by atoms with Gasteiger partial charge in [0.1, 0.15) is 24.7 Å². The zero-order valence-corrected chi connectivity index (χ0v) is 20.1. The van der Waals surface area contributed by atoms with Crippen molar-refractivity contribution < 1.29 is 9.47 Å². The highest BCUT2D eigenvalue weighted by atomic mass is 16.5. The minimum atomic E-state index is -0.327. The van der Waals surface area contributed by atoms with Gasteiger partial charge in [-0.05, 0) is 72.2 Å². The second kappa shape index (κ2) is 11.1. The van der Waals surface area contributed by atoms with Crippen LogP contribution in [0.2, 0.25) is 0 Å². The Morgan fingerprint density at radius 1 is 0.824 bits per heavy atom. The Kier molecular flexibility index (Phi) is 7.76. The van der Waals surface area contributed by atoms with E-state index in [1.54, 1.807) is 6.08 Å². The maximum absolute atomic E-state index is 5.72. The molecule has 1 aliphatic rings. The Labute approximate surface area is 204 Å². The number of hydrogen-bond acceptors (Lipinski definition) is 2. The highest BCUT2D eigenvalue weighted by molar-refractivity contribution is 5.52. The normalized spacial score (nSPS) is 15.6. The molecular weight excluding hydrogens is 416 g/mol. The molecule has 0 spiro atoms. The second-order valence-corrected chi connectivity index (χ2v) is 9.22. The summed E-state index contributed by atoms with van der Waals surface area (Å²) in [6, 6.07) is 26.0. The summed E-state index contributed by atoms with van der Waals surface area (Å²) < 4.78 is 11.3. The van der Waals surface area contributed by atoms with E-state index in [-0.39, 0.29) is 12.0 Å². The Hall–Kier alpha value is -3.44. The van der Waals surface area contributed by atoms with Crippen LogP contribution in [0.5, 0.6) is 11.5 Å². The predicted molar refractivity (Wildman–Crippen MR) is 141 cm³/mol. The summed E-state index contributed by atoms with van der Waals surface area (Å²) in [5.41, 5.74) is 4.82. The van der Waals surface area contributed by atoms with Crippen molar-refractivity contribution in [3.63, 3.8) is 0 Å². The maximum Gasteiger partial charge on any atom is 0.148 e. The van der Waals surface area contributed by atoms with Crippen molar-refractivity contribution in [3.8, 4) is 23.8 Å². The van der Waals surface area contributed by atoms with Crippen molar-refractivity contribution in [1.82, 2.24) is 0 Å². The average molecular weight is 451 g/mol. The van der Waals surface area contributed by atoms with Gasteiger partial charge in [0.2, 0.25) is 0 Å². The molecule has 4 rings (SSSR count). The first-order valence-electron chi connectivity index (χ1n) is 12.3. The standard InChI is InChI=1S/C32H34O2/c1-4-23-33-30-19-15-28(16-20-30)32(3,29-17-21-31(22-18-29)34-24-5-2)27-13-11-26(12-14-27)25-9-7-6-8-10-25/h1,5,11-22,25H,2,6-10,23-24H2,3H3. The van der Waals surface area contributed by atoms with E-state index >= 15 is 0 Å². The van der Waals surface area contributed by atoms with E-state index in [0.717, 1.165) is 11.5 Å². The van der Waals surface area contributed by atoms with Gasteiger partial charge in [0.05, 0.1) is 0 Å². The third-order valence-corrected chi connectivity index (χ3v) is 7.12. The zero-order chi connectivity index (χ0) is 23.8. The first kappa shape index (κ1) is 23.7. The van der Waals surface area contributed by atoms with Crippen LogP contribution in [0, 0.1) is 12.3 Å². The van der Waals surface area contributed by atoms with Gasteiger partial charge in [0.25, 0.3) is 0 Å². The molecule has 3 aromatic rings. The van der Waals surface area contributed by atoms with Crippen LogP contribution in [0.1, 0.15) is 67.2 Å². The molecule has 1 saturated carbocycles. The highest BCUT2D eigenvalue weighted by Gasteiger charge is 2.31. The van der Waals surface area contributed by atoms with Gasteiger partial charge < -0.3 is 9.47 Å².